The minimum atomic E-state index is -0.394. The van der Waals surface area contributed by atoms with Crippen molar-refractivity contribution in [2.75, 3.05) is 26.2 Å². The SMILES string of the molecule is C=CNC(C(=C)C)[C@H](c1ccc(C)cc1/C(=C\C)[C@@H](NC=O)c1cncn1C)N1CCN(C(=O)OC(C)C)CC1. The summed E-state index contributed by atoms with van der Waals surface area (Å²) >= 11 is 0. The first kappa shape index (κ1) is 30.7. The maximum absolute atomic E-state index is 12.6. The lowest BCUT2D eigenvalue weighted by molar-refractivity contribution is -0.109. The maximum Gasteiger partial charge on any atom is 0.410 e. The van der Waals surface area contributed by atoms with Gasteiger partial charge in [0, 0.05) is 33.2 Å². The van der Waals surface area contributed by atoms with Crippen LogP contribution in [0.25, 0.3) is 5.57 Å². The highest BCUT2D eigenvalue weighted by molar-refractivity contribution is 5.76. The van der Waals surface area contributed by atoms with Gasteiger partial charge in [0.2, 0.25) is 6.41 Å². The van der Waals surface area contributed by atoms with Gasteiger partial charge in [-0.05, 0) is 57.5 Å². The second-order valence-corrected chi connectivity index (χ2v) is 10.6. The summed E-state index contributed by atoms with van der Waals surface area (Å²) in [6, 6.07) is 5.81. The van der Waals surface area contributed by atoms with Crippen molar-refractivity contribution in [1.29, 1.82) is 0 Å². The molecule has 2 amide bonds. The first-order chi connectivity index (χ1) is 19.1. The van der Waals surface area contributed by atoms with Crippen molar-refractivity contribution in [3.05, 3.63) is 84.1 Å². The van der Waals surface area contributed by atoms with Crippen LogP contribution in [0.5, 0.6) is 0 Å². The molecule has 1 aliphatic rings. The Morgan fingerprint density at radius 3 is 2.40 bits per heavy atom. The van der Waals surface area contributed by atoms with Crippen molar-refractivity contribution in [2.45, 2.75) is 58.8 Å². The molecule has 1 aromatic heterocycles. The number of aryl methyl sites for hydroxylation is 2. The smallest absolute Gasteiger partial charge is 0.410 e. The van der Waals surface area contributed by atoms with Gasteiger partial charge in [-0.25, -0.2) is 9.78 Å². The van der Waals surface area contributed by atoms with Gasteiger partial charge in [-0.1, -0.05) is 48.6 Å². The number of aromatic nitrogens is 2. The van der Waals surface area contributed by atoms with Crippen molar-refractivity contribution in [1.82, 2.24) is 30.0 Å². The summed E-state index contributed by atoms with van der Waals surface area (Å²) in [6.07, 6.45) is 7.57. The standard InChI is InChI=1S/C31H44N6O3/c1-9-24(29(34-20-38)27-18-32-19-35(27)8)26-17-23(7)11-12-25(26)30(28(21(3)4)33-10-2)36-13-15-37(16-14-36)31(39)40-22(5)6/h9-12,17-20,22,28-30,33H,2-3,13-16H2,1,4-8H3,(H,34,38)/b24-9+/t28?,29-,30+/m1/s1. The average Bonchev–Trinajstić information content (AvgIpc) is 3.34. The van der Waals surface area contributed by atoms with E-state index < -0.39 is 6.04 Å². The molecule has 1 aromatic carbocycles. The lowest BCUT2D eigenvalue weighted by Crippen LogP contribution is -2.53. The highest BCUT2D eigenvalue weighted by Gasteiger charge is 2.35. The van der Waals surface area contributed by atoms with Crippen LogP contribution in [0, 0.1) is 6.92 Å². The van der Waals surface area contributed by atoms with Crippen LogP contribution in [-0.4, -0.2) is 70.2 Å². The number of hydrogen-bond donors (Lipinski definition) is 2. The van der Waals surface area contributed by atoms with E-state index >= 15 is 0 Å². The lowest BCUT2D eigenvalue weighted by atomic mass is 9.84. The summed E-state index contributed by atoms with van der Waals surface area (Å²) in [5.74, 6) is 0. The van der Waals surface area contributed by atoms with Crippen molar-refractivity contribution in [3.8, 4) is 0 Å². The van der Waals surface area contributed by atoms with E-state index in [0.717, 1.165) is 39.9 Å². The minimum absolute atomic E-state index is 0.118. The lowest BCUT2D eigenvalue weighted by Gasteiger charge is -2.43. The number of rotatable bonds is 12. The van der Waals surface area contributed by atoms with Crippen LogP contribution in [-0.2, 0) is 16.6 Å². The third-order valence-electron chi connectivity index (χ3n) is 7.29. The fourth-order valence-corrected chi connectivity index (χ4v) is 5.38. The van der Waals surface area contributed by atoms with Gasteiger partial charge in [0.05, 0.1) is 42.4 Å². The number of carbonyl (C=O) groups is 2. The minimum Gasteiger partial charge on any atom is -0.447 e. The highest BCUT2D eigenvalue weighted by Crippen LogP contribution is 2.39. The fourth-order valence-electron chi connectivity index (χ4n) is 5.38. The molecular formula is C31H44N6O3. The Morgan fingerprint density at radius 1 is 1.18 bits per heavy atom. The third kappa shape index (κ3) is 7.01. The molecular weight excluding hydrogens is 504 g/mol. The molecule has 9 heteroatoms. The molecule has 1 aliphatic heterocycles. The molecule has 0 bridgehead atoms. The molecule has 2 aromatic rings. The molecule has 40 heavy (non-hydrogen) atoms. The van der Waals surface area contributed by atoms with Gasteiger partial charge in [-0.2, -0.15) is 0 Å². The van der Waals surface area contributed by atoms with Crippen LogP contribution in [0.4, 0.5) is 4.79 Å². The maximum atomic E-state index is 12.6. The fraction of sp³-hybridized carbons (Fsp3) is 0.452. The number of ether oxygens (including phenoxy) is 1. The molecule has 0 saturated carbocycles. The van der Waals surface area contributed by atoms with E-state index in [1.54, 1.807) is 23.6 Å². The van der Waals surface area contributed by atoms with Gasteiger partial charge in [0.15, 0.2) is 0 Å². The third-order valence-corrected chi connectivity index (χ3v) is 7.29. The van der Waals surface area contributed by atoms with E-state index in [9.17, 15) is 9.59 Å². The molecule has 3 rings (SSSR count). The summed E-state index contributed by atoms with van der Waals surface area (Å²) in [4.78, 5) is 32.8. The quantitative estimate of drug-likeness (QED) is 0.300. The van der Waals surface area contributed by atoms with E-state index in [1.165, 1.54) is 0 Å². The summed E-state index contributed by atoms with van der Waals surface area (Å²) in [7, 11) is 1.92. The van der Waals surface area contributed by atoms with Crippen molar-refractivity contribution in [3.63, 3.8) is 0 Å². The molecule has 1 saturated heterocycles. The number of allylic oxidation sites excluding steroid dienone is 1. The van der Waals surface area contributed by atoms with E-state index in [2.05, 4.69) is 64.9 Å². The number of piperazine rings is 1. The predicted octanol–water partition coefficient (Wildman–Crippen LogP) is 4.50. The second kappa shape index (κ2) is 14.0. The largest absolute Gasteiger partial charge is 0.447 e. The molecule has 3 atom stereocenters. The van der Waals surface area contributed by atoms with Crippen LogP contribution >= 0.6 is 0 Å². The second-order valence-electron chi connectivity index (χ2n) is 10.6. The summed E-state index contributed by atoms with van der Waals surface area (Å²) in [6.45, 7) is 20.5. The van der Waals surface area contributed by atoms with Crippen LogP contribution in [0.1, 0.15) is 62.2 Å². The van der Waals surface area contributed by atoms with Crippen molar-refractivity contribution >= 4 is 18.1 Å². The first-order valence-electron chi connectivity index (χ1n) is 13.8. The van der Waals surface area contributed by atoms with E-state index in [0.29, 0.717) is 26.2 Å². The zero-order valence-electron chi connectivity index (χ0n) is 24.7. The van der Waals surface area contributed by atoms with Crippen molar-refractivity contribution < 1.29 is 14.3 Å². The van der Waals surface area contributed by atoms with E-state index in [1.807, 2.05) is 39.3 Å². The van der Waals surface area contributed by atoms with Gasteiger partial charge >= 0.3 is 6.09 Å². The zero-order chi connectivity index (χ0) is 29.4. The Morgan fingerprint density at radius 2 is 1.88 bits per heavy atom. The Labute approximate surface area is 238 Å². The molecule has 2 heterocycles. The Kier molecular flexibility index (Phi) is 10.7. The molecule has 0 spiro atoms. The van der Waals surface area contributed by atoms with E-state index in [4.69, 9.17) is 4.74 Å². The Hall–Kier alpha value is -3.85. The topological polar surface area (TPSA) is 91.7 Å². The van der Waals surface area contributed by atoms with Crippen LogP contribution in [0.15, 0.2) is 61.7 Å². The summed E-state index contributed by atoms with van der Waals surface area (Å²) < 4.78 is 7.37. The number of nitrogens with zero attached hydrogens (tertiary/aromatic N) is 4. The Bertz CT molecular complexity index is 1230. The predicted molar refractivity (Wildman–Crippen MR) is 159 cm³/mol. The van der Waals surface area contributed by atoms with Gasteiger partial charge in [0.1, 0.15) is 0 Å². The molecule has 0 radical (unpaired) electrons. The molecule has 216 valence electrons. The highest BCUT2D eigenvalue weighted by atomic mass is 16.6. The van der Waals surface area contributed by atoms with Gasteiger partial charge in [0.25, 0.3) is 0 Å². The van der Waals surface area contributed by atoms with Crippen LogP contribution in [0.3, 0.4) is 0 Å². The average molecular weight is 549 g/mol. The molecule has 1 fully saturated rings. The summed E-state index contributed by atoms with van der Waals surface area (Å²) in [5, 5.41) is 6.46. The number of benzene rings is 1. The van der Waals surface area contributed by atoms with Gasteiger partial charge < -0.3 is 24.8 Å². The molecule has 9 nitrogen and oxygen atoms in total. The molecule has 0 aliphatic carbocycles. The number of nitrogens with one attached hydrogen (secondary N) is 2. The van der Waals surface area contributed by atoms with E-state index in [-0.39, 0.29) is 24.3 Å². The number of hydrogen-bond acceptors (Lipinski definition) is 6. The van der Waals surface area contributed by atoms with Crippen LogP contribution in [0.2, 0.25) is 0 Å². The number of imidazole rings is 1. The zero-order valence-corrected chi connectivity index (χ0v) is 24.7. The van der Waals surface area contributed by atoms with Crippen LogP contribution < -0.4 is 10.6 Å². The van der Waals surface area contributed by atoms with Crippen molar-refractivity contribution in [2.24, 2.45) is 7.05 Å². The normalized spacial score (nSPS) is 16.7. The molecule has 1 unspecified atom stereocenters. The number of carbonyl (C=O) groups excluding carboxylic acids is 2. The Balaban J connectivity index is 2.11. The monoisotopic (exact) mass is 548 g/mol. The molecule has 2 N–H and O–H groups in total. The van der Waals surface area contributed by atoms with Gasteiger partial charge in [-0.15, -0.1) is 0 Å². The number of amides is 2. The van der Waals surface area contributed by atoms with Gasteiger partial charge in [-0.3, -0.25) is 9.69 Å². The first-order valence-corrected chi connectivity index (χ1v) is 13.8. The summed E-state index contributed by atoms with van der Waals surface area (Å²) in [5.41, 5.74) is 6.05.